The molecule has 21 heavy (non-hydrogen) atoms. The lowest BCUT2D eigenvalue weighted by molar-refractivity contribution is -0.282. The number of hydrogen-bond donors (Lipinski definition) is 0. The first kappa shape index (κ1) is 15.5. The van der Waals surface area contributed by atoms with E-state index in [1.165, 1.54) is 57.1 Å². The van der Waals surface area contributed by atoms with Crippen LogP contribution in [0, 0.1) is 5.92 Å². The third-order valence-electron chi connectivity index (χ3n) is 5.68. The average Bonchev–Trinajstić information content (AvgIpc) is 2.79. The minimum absolute atomic E-state index is 0.139. The predicted octanol–water partition coefficient (Wildman–Crippen LogP) is 4.36. The Kier molecular flexibility index (Phi) is 4.17. The third kappa shape index (κ3) is 3.19. The number of hydrogen-bond acceptors (Lipinski definition) is 3. The van der Waals surface area contributed by atoms with E-state index in [1.54, 1.807) is 0 Å². The fraction of sp³-hybridized carbons (Fsp3) is 0.944. The van der Waals surface area contributed by atoms with E-state index in [4.69, 9.17) is 9.83 Å². The summed E-state index contributed by atoms with van der Waals surface area (Å²) in [4.78, 5) is 11.3. The fourth-order valence-electron chi connectivity index (χ4n) is 4.70. The predicted molar refractivity (Wildman–Crippen MR) is 87.6 cm³/mol. The molecule has 0 N–H and O–H groups in total. The number of rotatable bonds is 3. The number of piperidine rings is 1. The van der Waals surface area contributed by atoms with Gasteiger partial charge in [-0.1, -0.05) is 6.42 Å². The van der Waals surface area contributed by atoms with Crippen LogP contribution in [0.1, 0.15) is 79.1 Å². The summed E-state index contributed by atoms with van der Waals surface area (Å²) in [6.07, 6.45) is 10.3. The number of nitrogens with zero attached hydrogens (tertiary/aromatic N) is 2. The molecule has 2 aliphatic heterocycles. The van der Waals surface area contributed by atoms with Crippen molar-refractivity contribution >= 4 is 5.71 Å². The Morgan fingerprint density at radius 1 is 1.10 bits per heavy atom. The van der Waals surface area contributed by atoms with Crippen LogP contribution in [0.25, 0.3) is 0 Å². The normalized spacial score (nSPS) is 35.3. The molecule has 1 saturated heterocycles. The Bertz CT molecular complexity index is 397. The molecule has 3 nitrogen and oxygen atoms in total. The van der Waals surface area contributed by atoms with Crippen molar-refractivity contribution < 1.29 is 4.84 Å². The van der Waals surface area contributed by atoms with Gasteiger partial charge in [0.05, 0.1) is 12.6 Å². The first-order valence-corrected chi connectivity index (χ1v) is 8.88. The van der Waals surface area contributed by atoms with Gasteiger partial charge in [-0.25, -0.2) is 0 Å². The van der Waals surface area contributed by atoms with Gasteiger partial charge in [-0.15, -0.1) is 0 Å². The largest absolute Gasteiger partial charge is 0.296 e. The van der Waals surface area contributed by atoms with Gasteiger partial charge >= 0.3 is 0 Å². The Morgan fingerprint density at radius 3 is 2.48 bits per heavy atom. The maximum atomic E-state index is 6.33. The van der Waals surface area contributed by atoms with Gasteiger partial charge < -0.3 is 0 Å². The molecule has 2 atom stereocenters. The van der Waals surface area contributed by atoms with Crippen LogP contribution in [0.15, 0.2) is 4.99 Å². The molecular weight excluding hydrogens is 260 g/mol. The second-order valence-electron chi connectivity index (χ2n) is 8.52. The molecule has 0 aromatic carbocycles. The quantitative estimate of drug-likeness (QED) is 0.772. The average molecular weight is 292 g/mol. The Hall–Kier alpha value is -0.410. The van der Waals surface area contributed by atoms with E-state index >= 15 is 0 Å². The van der Waals surface area contributed by atoms with Crippen LogP contribution in [0.5, 0.6) is 0 Å². The third-order valence-corrected chi connectivity index (χ3v) is 5.68. The molecule has 0 amide bonds. The molecule has 3 aliphatic rings. The summed E-state index contributed by atoms with van der Waals surface area (Å²) in [5.41, 5.74) is 1.77. The Balaban J connectivity index is 1.60. The molecule has 0 spiro atoms. The molecule has 0 bridgehead atoms. The molecule has 3 rings (SSSR count). The van der Waals surface area contributed by atoms with Crippen molar-refractivity contribution in [3.05, 3.63) is 0 Å². The number of hydroxylamine groups is 2. The first-order chi connectivity index (χ1) is 9.88. The zero-order valence-corrected chi connectivity index (χ0v) is 14.3. The highest BCUT2D eigenvalue weighted by Gasteiger charge is 2.43. The van der Waals surface area contributed by atoms with Gasteiger partial charge in [0.2, 0.25) is 0 Å². The van der Waals surface area contributed by atoms with Crippen LogP contribution >= 0.6 is 0 Å². The van der Waals surface area contributed by atoms with Crippen molar-refractivity contribution in [3.8, 4) is 0 Å². The molecule has 0 aromatic rings. The van der Waals surface area contributed by atoms with Gasteiger partial charge in [0.25, 0.3) is 0 Å². The minimum atomic E-state index is 0.139. The van der Waals surface area contributed by atoms with Crippen molar-refractivity contribution in [1.82, 2.24) is 5.06 Å². The van der Waals surface area contributed by atoms with Gasteiger partial charge in [-0.2, -0.15) is 5.06 Å². The van der Waals surface area contributed by atoms with E-state index in [1.807, 2.05) is 0 Å². The molecular formula is C18H32N2O. The summed E-state index contributed by atoms with van der Waals surface area (Å²) in [6, 6.07) is 0.400. The van der Waals surface area contributed by atoms with Gasteiger partial charge in [0.15, 0.2) is 0 Å². The highest BCUT2D eigenvalue weighted by molar-refractivity contribution is 5.89. The molecule has 0 aromatic heterocycles. The molecule has 2 unspecified atom stereocenters. The second kappa shape index (κ2) is 5.66. The van der Waals surface area contributed by atoms with Crippen molar-refractivity contribution in [2.75, 3.05) is 6.61 Å². The second-order valence-corrected chi connectivity index (χ2v) is 8.52. The summed E-state index contributed by atoms with van der Waals surface area (Å²) in [5, 5.41) is 2.28. The van der Waals surface area contributed by atoms with Gasteiger partial charge in [-0.3, -0.25) is 9.83 Å². The topological polar surface area (TPSA) is 24.8 Å². The smallest absolute Gasteiger partial charge is 0.0909 e. The van der Waals surface area contributed by atoms with Crippen LogP contribution in [0.3, 0.4) is 0 Å². The monoisotopic (exact) mass is 292 g/mol. The van der Waals surface area contributed by atoms with Crippen molar-refractivity contribution in [2.45, 2.75) is 96.2 Å². The van der Waals surface area contributed by atoms with Crippen LogP contribution in [-0.2, 0) is 4.84 Å². The zero-order chi connectivity index (χ0) is 15.1. The number of fused-ring (bicyclic) bond motifs is 1. The molecule has 3 heteroatoms. The first-order valence-electron chi connectivity index (χ1n) is 8.88. The fourth-order valence-corrected chi connectivity index (χ4v) is 4.70. The van der Waals surface area contributed by atoms with Crippen molar-refractivity contribution in [1.29, 1.82) is 0 Å². The lowest BCUT2D eigenvalue weighted by Gasteiger charge is -2.51. The Labute approximate surface area is 130 Å². The summed E-state index contributed by atoms with van der Waals surface area (Å²) in [6.45, 7) is 10.0. The minimum Gasteiger partial charge on any atom is -0.296 e. The lowest BCUT2D eigenvalue weighted by atomic mass is 9.82. The molecule has 2 heterocycles. The van der Waals surface area contributed by atoms with E-state index in [-0.39, 0.29) is 11.1 Å². The summed E-state index contributed by atoms with van der Waals surface area (Å²) < 4.78 is 0. The van der Waals surface area contributed by atoms with E-state index in [0.29, 0.717) is 6.04 Å². The van der Waals surface area contributed by atoms with Crippen molar-refractivity contribution in [2.24, 2.45) is 10.9 Å². The highest BCUT2D eigenvalue weighted by Crippen LogP contribution is 2.39. The molecule has 2 fully saturated rings. The van der Waals surface area contributed by atoms with E-state index in [0.717, 1.165) is 12.5 Å². The molecule has 0 radical (unpaired) electrons. The number of aliphatic imine (C=N–C) groups is 1. The SMILES string of the molecule is CC1(C)CCCC(C)(C)N1OCC1CC2CCCCC2=N1. The van der Waals surface area contributed by atoms with Crippen LogP contribution in [0.2, 0.25) is 0 Å². The van der Waals surface area contributed by atoms with E-state index < -0.39 is 0 Å². The van der Waals surface area contributed by atoms with Gasteiger partial charge in [-0.05, 0) is 78.6 Å². The summed E-state index contributed by atoms with van der Waals surface area (Å²) in [7, 11) is 0. The maximum absolute atomic E-state index is 6.33. The van der Waals surface area contributed by atoms with E-state index in [9.17, 15) is 0 Å². The van der Waals surface area contributed by atoms with Crippen LogP contribution in [-0.4, -0.2) is 34.5 Å². The van der Waals surface area contributed by atoms with Crippen molar-refractivity contribution in [3.63, 3.8) is 0 Å². The van der Waals surface area contributed by atoms with E-state index in [2.05, 4.69) is 32.8 Å². The maximum Gasteiger partial charge on any atom is 0.0909 e. The zero-order valence-electron chi connectivity index (χ0n) is 14.3. The van der Waals surface area contributed by atoms with Gasteiger partial charge in [0.1, 0.15) is 0 Å². The molecule has 120 valence electrons. The van der Waals surface area contributed by atoms with Crippen LogP contribution < -0.4 is 0 Å². The lowest BCUT2D eigenvalue weighted by Crippen LogP contribution is -2.58. The summed E-state index contributed by atoms with van der Waals surface area (Å²) >= 11 is 0. The standard InChI is InChI=1S/C18H32N2O/c1-17(2)10-7-11-18(3,4)20(17)21-13-15-12-14-8-5-6-9-16(14)19-15/h14-15H,5-13H2,1-4H3. The molecule has 1 aliphatic carbocycles. The summed E-state index contributed by atoms with van der Waals surface area (Å²) in [5.74, 6) is 0.773. The molecule has 1 saturated carbocycles. The highest BCUT2D eigenvalue weighted by atomic mass is 16.7. The Morgan fingerprint density at radius 2 is 1.81 bits per heavy atom. The van der Waals surface area contributed by atoms with Gasteiger partial charge in [0, 0.05) is 16.8 Å². The van der Waals surface area contributed by atoms with Crippen LogP contribution in [0.4, 0.5) is 0 Å².